The van der Waals surface area contributed by atoms with Crippen LogP contribution < -0.4 is 10.6 Å². The van der Waals surface area contributed by atoms with Gasteiger partial charge in [-0.25, -0.2) is 0 Å². The second kappa shape index (κ2) is 17.0. The molecule has 0 radical (unpaired) electrons. The zero-order valence-electron chi connectivity index (χ0n) is 20.8. The van der Waals surface area contributed by atoms with Crippen molar-refractivity contribution in [2.45, 2.75) is 77.0 Å². The number of benzene rings is 2. The van der Waals surface area contributed by atoms with Gasteiger partial charge in [-0.15, -0.1) is 0 Å². The number of carbonyl (C=O) groups excluding carboxylic acids is 4. The van der Waals surface area contributed by atoms with Crippen molar-refractivity contribution in [1.29, 1.82) is 0 Å². The summed E-state index contributed by atoms with van der Waals surface area (Å²) < 4.78 is 0. The maximum absolute atomic E-state index is 12.0. The van der Waals surface area contributed by atoms with Crippen molar-refractivity contribution in [3.05, 3.63) is 60.7 Å². The molecule has 0 heterocycles. The van der Waals surface area contributed by atoms with E-state index < -0.39 is 11.8 Å². The Balaban J connectivity index is 1.45. The van der Waals surface area contributed by atoms with Gasteiger partial charge in [-0.3, -0.25) is 24.4 Å². The molecule has 8 heteroatoms. The van der Waals surface area contributed by atoms with Crippen LogP contribution in [-0.4, -0.2) is 33.9 Å². The molecule has 8 nitrogen and oxygen atoms in total. The van der Waals surface area contributed by atoms with Gasteiger partial charge in [-0.2, -0.15) is 5.06 Å². The molecule has 0 spiro atoms. The third kappa shape index (κ3) is 12.3. The molecule has 2 aromatic rings. The Labute approximate surface area is 213 Å². The number of rotatable bonds is 16. The van der Waals surface area contributed by atoms with Crippen LogP contribution in [0.5, 0.6) is 0 Å². The average molecular weight is 496 g/mol. The molecule has 36 heavy (non-hydrogen) atoms. The van der Waals surface area contributed by atoms with Gasteiger partial charge in [0, 0.05) is 37.1 Å². The Morgan fingerprint density at radius 1 is 0.528 bits per heavy atom. The number of hydrogen-bond acceptors (Lipinski definition) is 5. The molecule has 0 bridgehead atoms. The number of nitrogens with zero attached hydrogens (tertiary/aromatic N) is 1. The monoisotopic (exact) mass is 495 g/mol. The summed E-state index contributed by atoms with van der Waals surface area (Å²) in [5.74, 6) is -1.28. The minimum atomic E-state index is -0.598. The number of para-hydroxylation sites is 2. The molecule has 4 amide bonds. The highest BCUT2D eigenvalue weighted by Gasteiger charge is 2.18. The lowest BCUT2D eigenvalue weighted by molar-refractivity contribution is -0.179. The van der Waals surface area contributed by atoms with Gasteiger partial charge in [0.25, 0.3) is 11.8 Å². The minimum absolute atomic E-state index is 0.0418. The van der Waals surface area contributed by atoms with E-state index in [1.165, 1.54) is 0 Å². The highest BCUT2D eigenvalue weighted by molar-refractivity contribution is 5.93. The van der Waals surface area contributed by atoms with Crippen LogP contribution in [-0.2, 0) is 19.2 Å². The van der Waals surface area contributed by atoms with E-state index in [4.69, 9.17) is 0 Å². The van der Waals surface area contributed by atoms with Crippen LogP contribution in [0, 0.1) is 0 Å². The maximum atomic E-state index is 12.0. The SMILES string of the molecule is O=C(CCCCCCC(=O)N(O)C(=O)CCCCCCC(=O)Nc1ccccc1)Nc1ccccc1. The molecule has 0 aliphatic carbocycles. The van der Waals surface area contributed by atoms with Gasteiger partial charge in [0.15, 0.2) is 0 Å². The molecule has 0 saturated heterocycles. The van der Waals surface area contributed by atoms with Crippen molar-refractivity contribution in [2.75, 3.05) is 10.6 Å². The highest BCUT2D eigenvalue weighted by Crippen LogP contribution is 2.12. The molecule has 0 saturated carbocycles. The largest absolute Gasteiger partial charge is 0.326 e. The van der Waals surface area contributed by atoms with E-state index in [-0.39, 0.29) is 29.7 Å². The summed E-state index contributed by atoms with van der Waals surface area (Å²) in [5, 5.41) is 15.7. The molecule has 2 aromatic carbocycles. The van der Waals surface area contributed by atoms with Gasteiger partial charge in [0.2, 0.25) is 11.8 Å². The number of amides is 4. The number of nitrogens with one attached hydrogen (secondary N) is 2. The van der Waals surface area contributed by atoms with E-state index in [9.17, 15) is 24.4 Å². The standard InChI is InChI=1S/C28H37N3O5/c32-25(29-23-15-7-5-8-16-23)19-11-1-3-13-21-27(34)31(36)28(35)22-14-4-2-12-20-26(33)30-24-17-9-6-10-18-24/h5-10,15-18,36H,1-4,11-14,19-22H2,(H,29,32)(H,30,33). The van der Waals surface area contributed by atoms with Gasteiger partial charge in [-0.1, -0.05) is 62.1 Å². The summed E-state index contributed by atoms with van der Waals surface area (Å²) in [4.78, 5) is 47.9. The summed E-state index contributed by atoms with van der Waals surface area (Å²) in [6.07, 6.45) is 6.58. The topological polar surface area (TPSA) is 116 Å². The third-order valence-corrected chi connectivity index (χ3v) is 5.68. The van der Waals surface area contributed by atoms with Crippen LogP contribution in [0.25, 0.3) is 0 Å². The van der Waals surface area contributed by atoms with E-state index in [1.807, 2.05) is 60.7 Å². The molecule has 0 unspecified atom stereocenters. The molecule has 0 fully saturated rings. The van der Waals surface area contributed by atoms with Crippen LogP contribution in [0.4, 0.5) is 11.4 Å². The molecule has 0 aromatic heterocycles. The van der Waals surface area contributed by atoms with Gasteiger partial charge >= 0.3 is 0 Å². The molecule has 194 valence electrons. The summed E-state index contributed by atoms with van der Waals surface area (Å²) in [6.45, 7) is 0. The lowest BCUT2D eigenvalue weighted by atomic mass is 10.1. The van der Waals surface area contributed by atoms with Crippen LogP contribution in [0.15, 0.2) is 60.7 Å². The summed E-state index contributed by atoms with van der Waals surface area (Å²) >= 11 is 0. The fourth-order valence-corrected chi connectivity index (χ4v) is 3.67. The second-order valence-electron chi connectivity index (χ2n) is 8.76. The van der Waals surface area contributed by atoms with Crippen molar-refractivity contribution >= 4 is 35.0 Å². The lowest BCUT2D eigenvalue weighted by Crippen LogP contribution is -2.33. The van der Waals surface area contributed by atoms with Gasteiger partial charge in [0.05, 0.1) is 0 Å². The molecule has 2 rings (SSSR count). The Morgan fingerprint density at radius 3 is 1.22 bits per heavy atom. The summed E-state index contributed by atoms with van der Waals surface area (Å²) in [7, 11) is 0. The smallest absolute Gasteiger partial charge is 0.253 e. The van der Waals surface area contributed by atoms with Crippen molar-refractivity contribution in [2.24, 2.45) is 0 Å². The van der Waals surface area contributed by atoms with Crippen LogP contribution in [0.2, 0.25) is 0 Å². The van der Waals surface area contributed by atoms with E-state index in [0.717, 1.165) is 37.1 Å². The minimum Gasteiger partial charge on any atom is -0.326 e. The van der Waals surface area contributed by atoms with Gasteiger partial charge in [-0.05, 0) is 49.9 Å². The number of imide groups is 1. The first-order valence-corrected chi connectivity index (χ1v) is 12.7. The fourth-order valence-electron chi connectivity index (χ4n) is 3.67. The van der Waals surface area contributed by atoms with Gasteiger partial charge < -0.3 is 10.6 Å². The zero-order valence-corrected chi connectivity index (χ0v) is 20.8. The van der Waals surface area contributed by atoms with E-state index in [2.05, 4.69) is 10.6 Å². The fraction of sp³-hybridized carbons (Fsp3) is 0.429. The molecule has 0 aliphatic rings. The van der Waals surface area contributed by atoms with Crippen molar-refractivity contribution in [3.63, 3.8) is 0 Å². The van der Waals surface area contributed by atoms with E-state index in [0.29, 0.717) is 38.5 Å². The molecule has 0 aliphatic heterocycles. The summed E-state index contributed by atoms with van der Waals surface area (Å²) in [6, 6.07) is 18.5. The Bertz CT molecular complexity index is 873. The lowest BCUT2D eigenvalue weighted by Gasteiger charge is -2.13. The van der Waals surface area contributed by atoms with Crippen molar-refractivity contribution in [3.8, 4) is 0 Å². The first-order valence-electron chi connectivity index (χ1n) is 12.7. The van der Waals surface area contributed by atoms with E-state index in [1.54, 1.807) is 0 Å². The van der Waals surface area contributed by atoms with Crippen molar-refractivity contribution < 1.29 is 24.4 Å². The third-order valence-electron chi connectivity index (χ3n) is 5.68. The zero-order chi connectivity index (χ0) is 26.0. The Hall–Kier alpha value is -3.52. The second-order valence-corrected chi connectivity index (χ2v) is 8.76. The Kier molecular flexibility index (Phi) is 13.6. The average Bonchev–Trinajstić information content (AvgIpc) is 2.88. The van der Waals surface area contributed by atoms with E-state index >= 15 is 0 Å². The molecule has 3 N–H and O–H groups in total. The molecular formula is C28H37N3O5. The highest BCUT2D eigenvalue weighted by atomic mass is 16.5. The predicted octanol–water partition coefficient (Wildman–Crippen LogP) is 5.69. The summed E-state index contributed by atoms with van der Waals surface area (Å²) in [5.41, 5.74) is 1.54. The number of hydrogen-bond donors (Lipinski definition) is 3. The number of hydroxylamine groups is 2. The van der Waals surface area contributed by atoms with Crippen molar-refractivity contribution in [1.82, 2.24) is 5.06 Å². The van der Waals surface area contributed by atoms with Crippen LogP contribution in [0.1, 0.15) is 77.0 Å². The van der Waals surface area contributed by atoms with Crippen LogP contribution in [0.3, 0.4) is 0 Å². The number of anilines is 2. The Morgan fingerprint density at radius 2 is 0.861 bits per heavy atom. The number of unbranched alkanes of at least 4 members (excludes halogenated alkanes) is 6. The first-order chi connectivity index (χ1) is 17.5. The normalized spacial score (nSPS) is 10.5. The maximum Gasteiger partial charge on any atom is 0.253 e. The molecular weight excluding hydrogens is 458 g/mol. The predicted molar refractivity (Wildman–Crippen MR) is 139 cm³/mol. The quantitative estimate of drug-likeness (QED) is 0.157. The number of carbonyl (C=O) groups is 4. The molecule has 0 atom stereocenters. The van der Waals surface area contributed by atoms with Crippen LogP contribution >= 0.6 is 0 Å². The first kappa shape index (κ1) is 28.7. The van der Waals surface area contributed by atoms with Gasteiger partial charge in [0.1, 0.15) is 0 Å².